The van der Waals surface area contributed by atoms with E-state index in [1.807, 2.05) is 0 Å². The molecule has 0 radical (unpaired) electrons. The normalized spacial score (nSPS) is 12.8. The van der Waals surface area contributed by atoms with Crippen LogP contribution >= 0.6 is 0 Å². The lowest BCUT2D eigenvalue weighted by atomic mass is 10.1. The van der Waals surface area contributed by atoms with E-state index in [2.05, 4.69) is 13.8 Å². The van der Waals surface area contributed by atoms with Crippen LogP contribution in [0.3, 0.4) is 0 Å². The summed E-state index contributed by atoms with van der Waals surface area (Å²) in [4.78, 5) is 0. The number of rotatable bonds is 10. The molecule has 0 aliphatic heterocycles. The largest absolute Gasteiger partial charge is 0.358 e. The van der Waals surface area contributed by atoms with E-state index < -0.39 is 0 Å². The van der Waals surface area contributed by atoms with Crippen LogP contribution in [0.2, 0.25) is 6.04 Å². The van der Waals surface area contributed by atoms with Crippen LogP contribution in [-0.4, -0.2) is 29.1 Å². The molecular formula is C12H28O2Si. The number of hydrogen-bond donors (Lipinski definition) is 0. The molecule has 0 atom stereocenters. The Morgan fingerprint density at radius 2 is 1.47 bits per heavy atom. The van der Waals surface area contributed by atoms with Crippen molar-refractivity contribution in [3.05, 3.63) is 0 Å². The second kappa shape index (κ2) is 9.37. The first-order valence-corrected chi connectivity index (χ1v) is 7.99. The Labute approximate surface area is 97.6 Å². The average Bonchev–Trinajstić information content (AvgIpc) is 2.27. The summed E-state index contributed by atoms with van der Waals surface area (Å²) in [5.74, 6) is 0. The molecule has 0 rings (SSSR count). The molecule has 92 valence electrons. The van der Waals surface area contributed by atoms with Crippen LogP contribution in [0.4, 0.5) is 0 Å². The number of unbranched alkanes of at least 4 members (excludes halogenated alkanes) is 5. The molecule has 0 spiro atoms. The molecule has 0 aromatic rings. The molecule has 0 saturated heterocycles. The Balaban J connectivity index is 3.29. The molecule has 0 saturated carbocycles. The Kier molecular flexibility index (Phi) is 9.45. The molecule has 0 aromatic carbocycles. The highest BCUT2D eigenvalue weighted by molar-refractivity contribution is 6.38. The molecule has 0 aromatic heterocycles. The highest BCUT2D eigenvalue weighted by atomic mass is 28.2. The third-order valence-corrected chi connectivity index (χ3v) is 5.44. The second-order valence-corrected chi connectivity index (χ2v) is 6.90. The van der Waals surface area contributed by atoms with Crippen molar-refractivity contribution >= 4 is 9.52 Å². The molecule has 0 aliphatic carbocycles. The summed E-state index contributed by atoms with van der Waals surface area (Å²) in [5.41, 5.74) is -0.233. The van der Waals surface area contributed by atoms with Gasteiger partial charge in [0.1, 0.15) is 5.41 Å². The van der Waals surface area contributed by atoms with Gasteiger partial charge >= 0.3 is 0 Å². The van der Waals surface area contributed by atoms with E-state index in [4.69, 9.17) is 9.47 Å². The van der Waals surface area contributed by atoms with Crippen LogP contribution in [0.5, 0.6) is 0 Å². The van der Waals surface area contributed by atoms with Crippen molar-refractivity contribution in [3.8, 4) is 0 Å². The Morgan fingerprint density at radius 3 is 2.00 bits per heavy atom. The van der Waals surface area contributed by atoms with Gasteiger partial charge in [0.25, 0.3) is 0 Å². The molecule has 0 N–H and O–H groups in total. The average molecular weight is 232 g/mol. The number of hydrogen-bond acceptors (Lipinski definition) is 2. The summed E-state index contributed by atoms with van der Waals surface area (Å²) in [5, 5.41) is 0. The molecule has 15 heavy (non-hydrogen) atoms. The predicted octanol–water partition coefficient (Wildman–Crippen LogP) is 2.90. The Bertz CT molecular complexity index is 136. The van der Waals surface area contributed by atoms with Crippen molar-refractivity contribution in [2.24, 2.45) is 0 Å². The van der Waals surface area contributed by atoms with Gasteiger partial charge in [0.15, 0.2) is 0 Å². The Morgan fingerprint density at radius 1 is 0.933 bits per heavy atom. The summed E-state index contributed by atoms with van der Waals surface area (Å²) >= 11 is 0. The zero-order chi connectivity index (χ0) is 11.6. The summed E-state index contributed by atoms with van der Waals surface area (Å²) in [6, 6.07) is 1.34. The van der Waals surface area contributed by atoms with E-state index in [1.165, 1.54) is 44.6 Å². The smallest absolute Gasteiger partial charge is 0.141 e. The first kappa shape index (κ1) is 15.1. The monoisotopic (exact) mass is 232 g/mol. The van der Waals surface area contributed by atoms with Crippen LogP contribution < -0.4 is 0 Å². The van der Waals surface area contributed by atoms with E-state index in [9.17, 15) is 0 Å². The SMILES string of the molecule is CCCCCCCC[SiH2]C(C)(OC)OC. The van der Waals surface area contributed by atoms with Crippen molar-refractivity contribution in [3.63, 3.8) is 0 Å². The summed E-state index contributed by atoms with van der Waals surface area (Å²) in [7, 11) is 3.24. The first-order valence-electron chi connectivity index (χ1n) is 6.29. The zero-order valence-corrected chi connectivity index (χ0v) is 12.4. The molecule has 0 fully saturated rings. The highest BCUT2D eigenvalue weighted by Crippen LogP contribution is 2.13. The van der Waals surface area contributed by atoms with Gasteiger partial charge in [0.05, 0.1) is 9.52 Å². The van der Waals surface area contributed by atoms with E-state index in [0.29, 0.717) is 0 Å². The first-order chi connectivity index (χ1) is 7.18. The molecular weight excluding hydrogens is 204 g/mol. The maximum Gasteiger partial charge on any atom is 0.141 e. The molecule has 0 amide bonds. The fourth-order valence-corrected chi connectivity index (χ4v) is 3.34. The topological polar surface area (TPSA) is 18.5 Å². The minimum absolute atomic E-state index is 0.233. The predicted molar refractivity (Wildman–Crippen MR) is 69.2 cm³/mol. The van der Waals surface area contributed by atoms with Crippen molar-refractivity contribution < 1.29 is 9.47 Å². The zero-order valence-electron chi connectivity index (χ0n) is 11.0. The van der Waals surface area contributed by atoms with Gasteiger partial charge in [-0.15, -0.1) is 0 Å². The maximum atomic E-state index is 5.37. The van der Waals surface area contributed by atoms with E-state index in [-0.39, 0.29) is 14.9 Å². The summed E-state index contributed by atoms with van der Waals surface area (Å²) in [6.07, 6.45) is 8.28. The minimum Gasteiger partial charge on any atom is -0.358 e. The lowest BCUT2D eigenvalue weighted by Crippen LogP contribution is -2.36. The van der Waals surface area contributed by atoms with Crippen molar-refractivity contribution in [1.29, 1.82) is 0 Å². The van der Waals surface area contributed by atoms with Crippen molar-refractivity contribution in [1.82, 2.24) is 0 Å². The van der Waals surface area contributed by atoms with E-state index in [0.717, 1.165) is 0 Å². The van der Waals surface area contributed by atoms with E-state index in [1.54, 1.807) is 14.2 Å². The lowest BCUT2D eigenvalue weighted by molar-refractivity contribution is -0.130. The van der Waals surface area contributed by atoms with Gasteiger partial charge in [-0.1, -0.05) is 51.5 Å². The maximum absolute atomic E-state index is 5.37. The van der Waals surface area contributed by atoms with Gasteiger partial charge in [-0.3, -0.25) is 0 Å². The summed E-state index contributed by atoms with van der Waals surface area (Å²) < 4.78 is 10.7. The van der Waals surface area contributed by atoms with Gasteiger partial charge in [-0.05, 0) is 6.92 Å². The lowest BCUT2D eigenvalue weighted by Gasteiger charge is -2.26. The molecule has 2 nitrogen and oxygen atoms in total. The van der Waals surface area contributed by atoms with Crippen molar-refractivity contribution in [2.45, 2.75) is 63.8 Å². The third kappa shape index (κ3) is 8.00. The number of ether oxygens (including phenoxy) is 2. The molecule has 0 aliphatic rings. The van der Waals surface area contributed by atoms with Gasteiger partial charge in [-0.2, -0.15) is 0 Å². The molecule has 0 bridgehead atoms. The van der Waals surface area contributed by atoms with Crippen LogP contribution in [0, 0.1) is 0 Å². The molecule has 0 unspecified atom stereocenters. The Hall–Kier alpha value is 0.137. The molecule has 3 heteroatoms. The quantitative estimate of drug-likeness (QED) is 0.327. The van der Waals surface area contributed by atoms with Crippen LogP contribution in [0.1, 0.15) is 52.4 Å². The van der Waals surface area contributed by atoms with Crippen LogP contribution in [0.15, 0.2) is 0 Å². The highest BCUT2D eigenvalue weighted by Gasteiger charge is 2.21. The number of methoxy groups -OCH3 is 2. The van der Waals surface area contributed by atoms with Crippen LogP contribution in [0.25, 0.3) is 0 Å². The second-order valence-electron chi connectivity index (χ2n) is 4.41. The fraction of sp³-hybridized carbons (Fsp3) is 1.00. The minimum atomic E-state index is -0.255. The van der Waals surface area contributed by atoms with Crippen LogP contribution in [-0.2, 0) is 9.47 Å². The molecule has 0 heterocycles. The van der Waals surface area contributed by atoms with E-state index >= 15 is 0 Å². The fourth-order valence-electron chi connectivity index (χ4n) is 1.69. The van der Waals surface area contributed by atoms with Gasteiger partial charge < -0.3 is 9.47 Å². The van der Waals surface area contributed by atoms with Crippen molar-refractivity contribution in [2.75, 3.05) is 14.2 Å². The standard InChI is InChI=1S/C12H28O2Si/c1-5-6-7-8-9-10-11-15-12(2,13-3)14-4/h5-11,15H2,1-4H3. The van der Waals surface area contributed by atoms with Gasteiger partial charge in [0, 0.05) is 14.2 Å². The van der Waals surface area contributed by atoms with Gasteiger partial charge in [0.2, 0.25) is 0 Å². The van der Waals surface area contributed by atoms with Gasteiger partial charge in [-0.25, -0.2) is 0 Å². The summed E-state index contributed by atoms with van der Waals surface area (Å²) in [6.45, 7) is 4.33. The third-order valence-electron chi connectivity index (χ3n) is 3.10.